The molecule has 0 aliphatic rings. The summed E-state index contributed by atoms with van der Waals surface area (Å²) < 4.78 is 10.9. The highest BCUT2D eigenvalue weighted by Crippen LogP contribution is 2.33. The minimum Gasteiger partial charge on any atom is -0.505 e. The molecule has 0 aliphatic heterocycles. The van der Waals surface area contributed by atoms with E-state index in [1.54, 1.807) is 26.2 Å². The lowest BCUT2D eigenvalue weighted by atomic mass is 10.0. The molecule has 0 spiro atoms. The Hall–Kier alpha value is -3.69. The summed E-state index contributed by atoms with van der Waals surface area (Å²) in [5.74, 6) is 1.20. The van der Waals surface area contributed by atoms with E-state index in [9.17, 15) is 14.8 Å². The first-order valence-corrected chi connectivity index (χ1v) is 9.47. The van der Waals surface area contributed by atoms with Gasteiger partial charge in [0.2, 0.25) is 0 Å². The predicted molar refractivity (Wildman–Crippen MR) is 110 cm³/mol. The number of furan rings is 1. The number of nitrogens with zero attached hydrogens (tertiary/aromatic N) is 2. The van der Waals surface area contributed by atoms with Gasteiger partial charge in [-0.05, 0) is 42.0 Å². The Bertz CT molecular complexity index is 1100. The van der Waals surface area contributed by atoms with E-state index in [1.807, 2.05) is 32.9 Å². The van der Waals surface area contributed by atoms with Crippen molar-refractivity contribution < 1.29 is 23.5 Å². The minimum atomic E-state index is -0.349. The van der Waals surface area contributed by atoms with Crippen molar-refractivity contribution >= 4 is 23.2 Å². The molecule has 1 amide bonds. The number of aromatic nitrogens is 2. The second-order valence-corrected chi connectivity index (χ2v) is 7.51. The molecule has 0 aliphatic carbocycles. The van der Waals surface area contributed by atoms with E-state index < -0.39 is 0 Å². The Labute approximate surface area is 173 Å². The maximum atomic E-state index is 12.3. The van der Waals surface area contributed by atoms with Crippen molar-refractivity contribution in [2.45, 2.75) is 26.8 Å². The van der Waals surface area contributed by atoms with Crippen LogP contribution in [0, 0.1) is 17.7 Å². The first-order chi connectivity index (χ1) is 14.2. The fourth-order valence-electron chi connectivity index (χ4n) is 3.01. The summed E-state index contributed by atoms with van der Waals surface area (Å²) in [6.07, 6.45) is 0. The van der Waals surface area contributed by atoms with Crippen molar-refractivity contribution in [1.29, 1.82) is 0 Å². The summed E-state index contributed by atoms with van der Waals surface area (Å²) in [7, 11) is 3.19. The minimum absolute atomic E-state index is 0.0755. The van der Waals surface area contributed by atoms with E-state index in [-0.39, 0.29) is 46.5 Å². The van der Waals surface area contributed by atoms with Crippen LogP contribution in [0.1, 0.15) is 41.8 Å². The zero-order valence-corrected chi connectivity index (χ0v) is 17.5. The third-order valence-electron chi connectivity index (χ3n) is 4.61. The molecule has 2 heterocycles. The number of hydrogen-bond donors (Lipinski definition) is 4. The first-order valence-electron chi connectivity index (χ1n) is 9.47. The van der Waals surface area contributed by atoms with Gasteiger partial charge in [-0.15, -0.1) is 4.63 Å². The standard InChI is InChI=1S/C20H25N5O5/c1-11(2)16(15-10-9-12(3)29-15)22-19-18(23-30-25(19)28)21-14-8-6-7-13(17(14)26)20(27)24(4)5/h6-11,16H,1-5H3,(H3-,21,22,23,26,27,28)/p+1/t16-/m1/s1. The average Bonchev–Trinajstić information content (AvgIpc) is 3.26. The topological polar surface area (TPSA) is 130 Å². The largest absolute Gasteiger partial charge is 0.505 e. The molecule has 10 nitrogen and oxygen atoms in total. The summed E-state index contributed by atoms with van der Waals surface area (Å²) in [6, 6.07) is 8.12. The van der Waals surface area contributed by atoms with Crippen LogP contribution in [-0.4, -0.2) is 35.2 Å². The number of phenolic OH excluding ortho intramolecular Hbond substituents is 1. The number of amides is 1. The Balaban J connectivity index is 1.93. The SMILES string of the molecule is Cc1ccc([C@H](Nc2c(Nc3cccc(C(=O)N(C)C)c3O)[nH]o[n+]2=O)C(C)C)o1. The van der Waals surface area contributed by atoms with E-state index in [1.165, 1.54) is 11.0 Å². The monoisotopic (exact) mass is 416 g/mol. The number of carbonyl (C=O) groups is 1. The van der Waals surface area contributed by atoms with Crippen LogP contribution >= 0.6 is 0 Å². The maximum Gasteiger partial charge on any atom is 0.367 e. The first kappa shape index (κ1) is 21.0. The van der Waals surface area contributed by atoms with Gasteiger partial charge in [-0.25, -0.2) is 0 Å². The number of phenols is 1. The third kappa shape index (κ3) is 4.17. The molecule has 30 heavy (non-hydrogen) atoms. The second-order valence-electron chi connectivity index (χ2n) is 7.51. The number of anilines is 3. The third-order valence-corrected chi connectivity index (χ3v) is 4.61. The second kappa shape index (κ2) is 8.36. The summed E-state index contributed by atoms with van der Waals surface area (Å²) in [5.41, 5.74) is 0.363. The number of aromatic hydroxyl groups is 1. The fraction of sp³-hybridized carbons (Fsp3) is 0.350. The summed E-state index contributed by atoms with van der Waals surface area (Å²) in [4.78, 5) is 25.9. The highest BCUT2D eigenvalue weighted by molar-refractivity contribution is 5.98. The number of hydrogen-bond acceptors (Lipinski definition) is 7. The van der Waals surface area contributed by atoms with Gasteiger partial charge in [-0.2, -0.15) is 0 Å². The molecular weight excluding hydrogens is 390 g/mol. The maximum absolute atomic E-state index is 12.3. The lowest BCUT2D eigenvalue weighted by Gasteiger charge is -2.16. The van der Waals surface area contributed by atoms with Gasteiger partial charge in [0.05, 0.1) is 11.3 Å². The number of para-hydroxylation sites is 1. The van der Waals surface area contributed by atoms with Crippen LogP contribution in [0.15, 0.2) is 39.4 Å². The van der Waals surface area contributed by atoms with Crippen molar-refractivity contribution in [2.75, 3.05) is 24.7 Å². The predicted octanol–water partition coefficient (Wildman–Crippen LogP) is 3.38. The Morgan fingerprint density at radius 2 is 1.97 bits per heavy atom. The number of rotatable bonds is 7. The van der Waals surface area contributed by atoms with E-state index in [0.717, 1.165) is 5.76 Å². The molecule has 4 N–H and O–H groups in total. The van der Waals surface area contributed by atoms with E-state index in [2.05, 4.69) is 15.8 Å². The highest BCUT2D eigenvalue weighted by Gasteiger charge is 2.29. The van der Waals surface area contributed by atoms with Crippen molar-refractivity contribution in [3.05, 3.63) is 52.3 Å². The van der Waals surface area contributed by atoms with Gasteiger partial charge >= 0.3 is 5.82 Å². The zero-order valence-electron chi connectivity index (χ0n) is 17.5. The lowest BCUT2D eigenvalue weighted by Crippen LogP contribution is -2.24. The summed E-state index contributed by atoms with van der Waals surface area (Å²) in [5, 5.41) is 19.1. The van der Waals surface area contributed by atoms with E-state index >= 15 is 0 Å². The molecule has 1 atom stereocenters. The Morgan fingerprint density at radius 1 is 1.23 bits per heavy atom. The molecule has 3 rings (SSSR count). The van der Waals surface area contributed by atoms with Gasteiger partial charge in [0.15, 0.2) is 10.3 Å². The fourth-order valence-corrected chi connectivity index (χ4v) is 3.01. The average molecular weight is 416 g/mol. The molecule has 160 valence electrons. The lowest BCUT2D eigenvalue weighted by molar-refractivity contribution is -0.701. The van der Waals surface area contributed by atoms with Gasteiger partial charge in [0, 0.05) is 14.1 Å². The number of aromatic amines is 1. The number of H-pyrrole nitrogens is 1. The van der Waals surface area contributed by atoms with Gasteiger partial charge in [0.1, 0.15) is 17.6 Å². The van der Waals surface area contributed by atoms with Crippen LogP contribution in [0.3, 0.4) is 0 Å². The van der Waals surface area contributed by atoms with Gasteiger partial charge in [0.25, 0.3) is 11.7 Å². The number of benzene rings is 1. The summed E-state index contributed by atoms with van der Waals surface area (Å²) in [6.45, 7) is 5.82. The number of nitrogens with one attached hydrogen (secondary N) is 3. The number of aryl methyl sites for hydroxylation is 1. The van der Waals surface area contributed by atoms with Gasteiger partial charge in [-0.1, -0.05) is 25.1 Å². The normalized spacial score (nSPS) is 12.1. The van der Waals surface area contributed by atoms with Crippen molar-refractivity contribution in [3.8, 4) is 5.75 Å². The van der Waals surface area contributed by atoms with Crippen molar-refractivity contribution in [3.63, 3.8) is 0 Å². The van der Waals surface area contributed by atoms with Gasteiger partial charge in [-0.3, -0.25) is 10.1 Å². The number of carbonyl (C=O) groups excluding carboxylic acids is 1. The van der Waals surface area contributed by atoms with E-state index in [0.29, 0.717) is 10.4 Å². The van der Waals surface area contributed by atoms with Crippen LogP contribution in [0.5, 0.6) is 5.75 Å². The molecule has 0 saturated carbocycles. The quantitative estimate of drug-likeness (QED) is 0.434. The molecule has 0 bridgehead atoms. The molecular formula is C20H26N5O5+. The molecule has 0 radical (unpaired) electrons. The highest BCUT2D eigenvalue weighted by atomic mass is 16.7. The molecule has 10 heteroatoms. The van der Waals surface area contributed by atoms with Crippen LogP contribution in [0.4, 0.5) is 17.3 Å². The smallest absolute Gasteiger partial charge is 0.367 e. The molecule has 3 aromatic rings. The van der Waals surface area contributed by atoms with Crippen LogP contribution < -0.4 is 15.2 Å². The van der Waals surface area contributed by atoms with Crippen LogP contribution in [-0.2, 0) is 0 Å². The zero-order chi connectivity index (χ0) is 22.0. The van der Waals surface area contributed by atoms with Crippen molar-refractivity contribution in [1.82, 2.24) is 10.1 Å². The summed E-state index contributed by atoms with van der Waals surface area (Å²) >= 11 is 0. The Kier molecular flexibility index (Phi) is 5.86. The molecule has 0 fully saturated rings. The van der Waals surface area contributed by atoms with Gasteiger partial charge < -0.3 is 19.7 Å². The molecule has 0 unspecified atom stereocenters. The van der Waals surface area contributed by atoms with Crippen molar-refractivity contribution in [2.24, 2.45) is 5.92 Å². The van der Waals surface area contributed by atoms with Crippen LogP contribution in [0.2, 0.25) is 0 Å². The Morgan fingerprint density at radius 3 is 2.57 bits per heavy atom. The van der Waals surface area contributed by atoms with E-state index in [4.69, 9.17) is 9.05 Å². The van der Waals surface area contributed by atoms with Crippen LogP contribution in [0.25, 0.3) is 0 Å². The molecule has 1 aromatic carbocycles. The molecule has 0 saturated heterocycles. The molecule has 2 aromatic heterocycles.